The Morgan fingerprint density at radius 3 is 2.40 bits per heavy atom. The molecule has 2 aromatic rings. The number of benzene rings is 1. The first kappa shape index (κ1) is 14.8. The molecule has 1 heterocycles. The lowest BCUT2D eigenvalue weighted by Gasteiger charge is -2.31. The average molecular weight is 291 g/mol. The molecule has 20 heavy (non-hydrogen) atoms. The minimum Gasteiger partial charge on any atom is -0.310 e. The van der Waals surface area contributed by atoms with Crippen molar-refractivity contribution in [2.24, 2.45) is 0 Å². The van der Waals surface area contributed by atoms with E-state index in [4.69, 9.17) is 11.6 Å². The fraction of sp³-hybridized carbons (Fsp3) is 0.375. The molecule has 0 fully saturated rings. The Morgan fingerprint density at radius 1 is 1.20 bits per heavy atom. The molecule has 1 aromatic carbocycles. The number of aromatic nitrogens is 2. The van der Waals surface area contributed by atoms with Gasteiger partial charge in [-0.2, -0.15) is 0 Å². The van der Waals surface area contributed by atoms with E-state index in [1.807, 2.05) is 18.2 Å². The van der Waals surface area contributed by atoms with Gasteiger partial charge in [-0.25, -0.2) is 4.98 Å². The Labute approximate surface area is 124 Å². The molecule has 0 bridgehead atoms. The first-order valence-corrected chi connectivity index (χ1v) is 7.42. The molecule has 1 N–H and O–H groups in total. The van der Waals surface area contributed by atoms with Gasteiger partial charge < -0.3 is 4.98 Å². The lowest BCUT2D eigenvalue weighted by Crippen LogP contribution is -2.31. The first-order valence-electron chi connectivity index (χ1n) is 6.88. The topological polar surface area (TPSA) is 45.8 Å². The second-order valence-electron chi connectivity index (χ2n) is 4.87. The van der Waals surface area contributed by atoms with Crippen LogP contribution in [-0.4, -0.2) is 9.97 Å². The van der Waals surface area contributed by atoms with E-state index in [2.05, 4.69) is 35.9 Å². The summed E-state index contributed by atoms with van der Waals surface area (Å²) in [6.45, 7) is 4.23. The van der Waals surface area contributed by atoms with E-state index in [1.54, 1.807) is 0 Å². The molecule has 2 rings (SSSR count). The molecular weight excluding hydrogens is 272 g/mol. The summed E-state index contributed by atoms with van der Waals surface area (Å²) in [6, 6.07) is 11.6. The maximum atomic E-state index is 11.8. The van der Waals surface area contributed by atoms with Crippen molar-refractivity contribution in [2.75, 3.05) is 0 Å². The van der Waals surface area contributed by atoms with Crippen molar-refractivity contribution in [3.8, 4) is 0 Å². The monoisotopic (exact) mass is 290 g/mol. The lowest BCUT2D eigenvalue weighted by atomic mass is 9.75. The number of hydrogen-bond donors (Lipinski definition) is 1. The van der Waals surface area contributed by atoms with Gasteiger partial charge in [-0.15, -0.1) is 11.6 Å². The zero-order valence-electron chi connectivity index (χ0n) is 11.8. The molecule has 106 valence electrons. The third-order valence-electron chi connectivity index (χ3n) is 3.92. The number of alkyl halides is 1. The highest BCUT2D eigenvalue weighted by Crippen LogP contribution is 2.36. The van der Waals surface area contributed by atoms with Crippen LogP contribution in [-0.2, 0) is 11.3 Å². The standard InChI is InChI=1S/C16H19ClN2O/c1-3-16(4-2,12-8-6-5-7-9-12)15-18-13(11-17)10-14(20)19-15/h5-10H,3-4,11H2,1-2H3,(H,18,19,20). The maximum Gasteiger partial charge on any atom is 0.251 e. The Bertz CT molecular complexity index is 618. The number of nitrogens with zero attached hydrogens (tertiary/aromatic N) is 1. The predicted octanol–water partition coefficient (Wildman–Crippen LogP) is 3.61. The molecule has 0 atom stereocenters. The van der Waals surface area contributed by atoms with E-state index in [0.717, 1.165) is 12.8 Å². The second-order valence-corrected chi connectivity index (χ2v) is 5.14. The molecule has 0 saturated heterocycles. The van der Waals surface area contributed by atoms with Gasteiger partial charge >= 0.3 is 0 Å². The smallest absolute Gasteiger partial charge is 0.251 e. The molecule has 0 aliphatic rings. The molecular formula is C16H19ClN2O. The molecule has 4 heteroatoms. The molecule has 0 aliphatic heterocycles. The Balaban J connectivity index is 2.65. The van der Waals surface area contributed by atoms with Crippen LogP contribution in [0.3, 0.4) is 0 Å². The SMILES string of the molecule is CCC(CC)(c1ccccc1)c1nc(CCl)cc(=O)[nH]1. The van der Waals surface area contributed by atoms with Crippen molar-refractivity contribution in [2.45, 2.75) is 38.0 Å². The van der Waals surface area contributed by atoms with E-state index in [1.165, 1.54) is 11.6 Å². The van der Waals surface area contributed by atoms with Gasteiger partial charge in [-0.05, 0) is 18.4 Å². The van der Waals surface area contributed by atoms with Gasteiger partial charge in [0, 0.05) is 6.07 Å². The van der Waals surface area contributed by atoms with Crippen LogP contribution >= 0.6 is 11.6 Å². The van der Waals surface area contributed by atoms with Crippen LogP contribution < -0.4 is 5.56 Å². The zero-order valence-corrected chi connectivity index (χ0v) is 12.6. The van der Waals surface area contributed by atoms with Crippen LogP contribution in [0.5, 0.6) is 0 Å². The molecule has 0 radical (unpaired) electrons. The minimum atomic E-state index is -0.275. The average Bonchev–Trinajstić information content (AvgIpc) is 2.49. The molecule has 3 nitrogen and oxygen atoms in total. The van der Waals surface area contributed by atoms with Gasteiger partial charge in [-0.3, -0.25) is 4.79 Å². The molecule has 0 saturated carbocycles. The Kier molecular flexibility index (Phi) is 4.61. The Morgan fingerprint density at radius 2 is 1.85 bits per heavy atom. The summed E-state index contributed by atoms with van der Waals surface area (Å²) in [6.07, 6.45) is 1.73. The molecule has 0 amide bonds. The highest BCUT2D eigenvalue weighted by Gasteiger charge is 2.33. The number of aromatic amines is 1. The van der Waals surface area contributed by atoms with Crippen molar-refractivity contribution in [1.82, 2.24) is 9.97 Å². The van der Waals surface area contributed by atoms with Crippen molar-refractivity contribution in [3.05, 3.63) is 63.8 Å². The minimum absolute atomic E-state index is 0.146. The quantitative estimate of drug-likeness (QED) is 0.855. The summed E-state index contributed by atoms with van der Waals surface area (Å²) in [4.78, 5) is 19.3. The van der Waals surface area contributed by atoms with Gasteiger partial charge in [0.25, 0.3) is 5.56 Å². The summed E-state index contributed by atoms with van der Waals surface area (Å²) in [5.74, 6) is 0.951. The van der Waals surface area contributed by atoms with E-state index >= 15 is 0 Å². The fourth-order valence-electron chi connectivity index (χ4n) is 2.69. The molecule has 0 spiro atoms. The summed E-state index contributed by atoms with van der Waals surface area (Å²) >= 11 is 5.84. The number of H-pyrrole nitrogens is 1. The van der Waals surface area contributed by atoms with Gasteiger partial charge in [0.05, 0.1) is 17.0 Å². The summed E-state index contributed by atoms with van der Waals surface area (Å²) < 4.78 is 0. The number of halogens is 1. The van der Waals surface area contributed by atoms with Crippen LogP contribution in [0.2, 0.25) is 0 Å². The van der Waals surface area contributed by atoms with Crippen LogP contribution in [0.4, 0.5) is 0 Å². The van der Waals surface area contributed by atoms with Crippen LogP contribution in [0.15, 0.2) is 41.2 Å². The zero-order chi connectivity index (χ0) is 14.6. The molecule has 0 unspecified atom stereocenters. The van der Waals surface area contributed by atoms with Gasteiger partial charge in [0.1, 0.15) is 5.82 Å². The van der Waals surface area contributed by atoms with Gasteiger partial charge in [0.2, 0.25) is 0 Å². The van der Waals surface area contributed by atoms with Crippen molar-refractivity contribution < 1.29 is 0 Å². The highest BCUT2D eigenvalue weighted by atomic mass is 35.5. The van der Waals surface area contributed by atoms with Gasteiger partial charge in [0.15, 0.2) is 0 Å². The molecule has 0 aliphatic carbocycles. The summed E-state index contributed by atoms with van der Waals surface area (Å²) in [5.41, 5.74) is 1.36. The number of rotatable bonds is 5. The summed E-state index contributed by atoms with van der Waals surface area (Å²) in [7, 11) is 0. The van der Waals surface area contributed by atoms with Gasteiger partial charge in [-0.1, -0.05) is 44.2 Å². The third-order valence-corrected chi connectivity index (χ3v) is 4.19. The van der Waals surface area contributed by atoms with Crippen LogP contribution in [0, 0.1) is 0 Å². The van der Waals surface area contributed by atoms with E-state index < -0.39 is 0 Å². The summed E-state index contributed by atoms with van der Waals surface area (Å²) in [5, 5.41) is 0. The second kappa shape index (κ2) is 6.23. The van der Waals surface area contributed by atoms with E-state index in [0.29, 0.717) is 11.5 Å². The van der Waals surface area contributed by atoms with Crippen molar-refractivity contribution in [1.29, 1.82) is 0 Å². The highest BCUT2D eigenvalue weighted by molar-refractivity contribution is 6.16. The lowest BCUT2D eigenvalue weighted by molar-refractivity contribution is 0.446. The van der Waals surface area contributed by atoms with Crippen molar-refractivity contribution in [3.63, 3.8) is 0 Å². The van der Waals surface area contributed by atoms with Crippen LogP contribution in [0.1, 0.15) is 43.8 Å². The number of hydrogen-bond acceptors (Lipinski definition) is 2. The predicted molar refractivity (Wildman–Crippen MR) is 82.2 cm³/mol. The van der Waals surface area contributed by atoms with E-state index in [-0.39, 0.29) is 16.9 Å². The number of nitrogens with one attached hydrogen (secondary N) is 1. The van der Waals surface area contributed by atoms with E-state index in [9.17, 15) is 4.79 Å². The Hall–Kier alpha value is -1.61. The maximum absolute atomic E-state index is 11.8. The normalized spacial score (nSPS) is 11.6. The first-order chi connectivity index (χ1) is 9.66. The largest absolute Gasteiger partial charge is 0.310 e. The van der Waals surface area contributed by atoms with Crippen molar-refractivity contribution >= 4 is 11.6 Å². The molecule has 1 aromatic heterocycles. The third kappa shape index (κ3) is 2.63. The van der Waals surface area contributed by atoms with Crippen LogP contribution in [0.25, 0.3) is 0 Å². The fourth-order valence-corrected chi connectivity index (χ4v) is 2.83.